The number of nitrogens with zero attached hydrogens (tertiary/aromatic N) is 1. The number of hydrogen-bond acceptors (Lipinski definition) is 2. The minimum absolute atomic E-state index is 0.560. The van der Waals surface area contributed by atoms with Gasteiger partial charge in [-0.05, 0) is 32.2 Å². The maximum atomic E-state index is 5.45. The van der Waals surface area contributed by atoms with Gasteiger partial charge in [0, 0.05) is 19.7 Å². The van der Waals surface area contributed by atoms with Gasteiger partial charge in [0.2, 0.25) is 0 Å². The SMILES string of the molecule is CO[C@@H]1C[C@H]2CCC1CN2C. The first-order chi connectivity index (χ1) is 5.31. The molecule has 0 aromatic heterocycles. The molecule has 0 aromatic rings. The molecule has 2 heterocycles. The molecule has 3 fully saturated rings. The molecule has 64 valence electrons. The first kappa shape index (κ1) is 7.56. The minimum Gasteiger partial charge on any atom is -0.381 e. The van der Waals surface area contributed by atoms with Crippen LogP contribution in [0.15, 0.2) is 0 Å². The zero-order chi connectivity index (χ0) is 7.84. The van der Waals surface area contributed by atoms with E-state index in [-0.39, 0.29) is 0 Å². The summed E-state index contributed by atoms with van der Waals surface area (Å²) in [5.41, 5.74) is 0. The van der Waals surface area contributed by atoms with Gasteiger partial charge in [-0.25, -0.2) is 0 Å². The van der Waals surface area contributed by atoms with Crippen LogP contribution in [0.25, 0.3) is 0 Å². The molecule has 0 amide bonds. The summed E-state index contributed by atoms with van der Waals surface area (Å²) in [7, 11) is 4.09. The summed E-state index contributed by atoms with van der Waals surface area (Å²) in [5, 5.41) is 0. The Balaban J connectivity index is 2.04. The van der Waals surface area contributed by atoms with Crippen LogP contribution in [0.1, 0.15) is 19.3 Å². The summed E-state index contributed by atoms with van der Waals surface area (Å²) in [5.74, 6) is 0.815. The number of hydrogen-bond donors (Lipinski definition) is 0. The Labute approximate surface area is 68.5 Å². The van der Waals surface area contributed by atoms with Crippen LogP contribution in [0.2, 0.25) is 0 Å². The van der Waals surface area contributed by atoms with E-state index in [4.69, 9.17) is 4.74 Å². The average molecular weight is 155 g/mol. The first-order valence-corrected chi connectivity index (χ1v) is 4.54. The molecular formula is C9H17NO. The molecular weight excluding hydrogens is 138 g/mol. The van der Waals surface area contributed by atoms with Crippen molar-refractivity contribution < 1.29 is 4.74 Å². The van der Waals surface area contributed by atoms with Crippen LogP contribution in [-0.4, -0.2) is 37.7 Å². The predicted octanol–water partition coefficient (Wildman–Crippen LogP) is 1.12. The van der Waals surface area contributed by atoms with Gasteiger partial charge < -0.3 is 9.64 Å². The summed E-state index contributed by atoms with van der Waals surface area (Å²) in [6.07, 6.45) is 4.59. The van der Waals surface area contributed by atoms with Gasteiger partial charge in [-0.3, -0.25) is 0 Å². The van der Waals surface area contributed by atoms with Crippen molar-refractivity contribution in [3.8, 4) is 0 Å². The molecule has 2 bridgehead atoms. The van der Waals surface area contributed by atoms with Crippen LogP contribution in [0.3, 0.4) is 0 Å². The lowest BCUT2D eigenvalue weighted by atomic mass is 9.78. The van der Waals surface area contributed by atoms with Crippen LogP contribution < -0.4 is 0 Å². The Bertz CT molecular complexity index is 148. The standard InChI is InChI=1S/C9H17NO/c1-10-6-7-3-4-8(10)5-9(7)11-2/h7-9H,3-6H2,1-2H3/t7?,8-,9-/m1/s1. The van der Waals surface area contributed by atoms with Crippen LogP contribution in [0, 0.1) is 5.92 Å². The molecule has 0 aromatic carbocycles. The maximum absolute atomic E-state index is 5.45. The van der Waals surface area contributed by atoms with E-state index in [1.807, 2.05) is 7.11 Å². The predicted molar refractivity (Wildman–Crippen MR) is 44.6 cm³/mol. The van der Waals surface area contributed by atoms with Crippen molar-refractivity contribution in [2.45, 2.75) is 31.4 Å². The maximum Gasteiger partial charge on any atom is 0.0626 e. The lowest BCUT2D eigenvalue weighted by molar-refractivity contribution is -0.0602. The highest BCUT2D eigenvalue weighted by Crippen LogP contribution is 2.35. The molecule has 3 rings (SSSR count). The quantitative estimate of drug-likeness (QED) is 0.562. The van der Waals surface area contributed by atoms with E-state index in [2.05, 4.69) is 11.9 Å². The van der Waals surface area contributed by atoms with E-state index in [1.54, 1.807) is 0 Å². The Morgan fingerprint density at radius 2 is 2.18 bits per heavy atom. The Morgan fingerprint density at radius 1 is 1.36 bits per heavy atom. The second-order valence-electron chi connectivity index (χ2n) is 3.94. The summed E-state index contributed by atoms with van der Waals surface area (Å²) < 4.78 is 5.45. The number of fused-ring (bicyclic) bond motifs is 3. The van der Waals surface area contributed by atoms with Crippen LogP contribution >= 0.6 is 0 Å². The monoisotopic (exact) mass is 155 g/mol. The molecule has 3 aliphatic rings. The Hall–Kier alpha value is -0.0800. The highest BCUT2D eigenvalue weighted by molar-refractivity contribution is 4.92. The highest BCUT2D eigenvalue weighted by Gasteiger charge is 2.38. The zero-order valence-corrected chi connectivity index (χ0v) is 7.42. The zero-order valence-electron chi connectivity index (χ0n) is 7.42. The smallest absolute Gasteiger partial charge is 0.0626 e. The topological polar surface area (TPSA) is 12.5 Å². The van der Waals surface area contributed by atoms with E-state index in [0.29, 0.717) is 6.10 Å². The largest absolute Gasteiger partial charge is 0.381 e. The summed E-state index contributed by atoms with van der Waals surface area (Å²) in [4.78, 5) is 2.49. The number of rotatable bonds is 1. The molecule has 3 atom stereocenters. The molecule has 1 aliphatic carbocycles. The molecule has 1 saturated carbocycles. The number of methoxy groups -OCH3 is 1. The van der Waals surface area contributed by atoms with Gasteiger partial charge >= 0.3 is 0 Å². The highest BCUT2D eigenvalue weighted by atomic mass is 16.5. The van der Waals surface area contributed by atoms with Crippen molar-refractivity contribution in [1.29, 1.82) is 0 Å². The van der Waals surface area contributed by atoms with E-state index < -0.39 is 0 Å². The van der Waals surface area contributed by atoms with Crippen molar-refractivity contribution >= 4 is 0 Å². The average Bonchev–Trinajstić information content (AvgIpc) is 2.05. The molecule has 11 heavy (non-hydrogen) atoms. The van der Waals surface area contributed by atoms with Crippen molar-refractivity contribution in [3.63, 3.8) is 0 Å². The second-order valence-corrected chi connectivity index (χ2v) is 3.94. The molecule has 0 radical (unpaired) electrons. The summed E-state index contributed by atoms with van der Waals surface area (Å²) in [6.45, 7) is 1.25. The van der Waals surface area contributed by atoms with Gasteiger partial charge in [0.15, 0.2) is 0 Å². The van der Waals surface area contributed by atoms with E-state index in [9.17, 15) is 0 Å². The molecule has 0 spiro atoms. The molecule has 1 unspecified atom stereocenters. The van der Waals surface area contributed by atoms with Crippen molar-refractivity contribution in [3.05, 3.63) is 0 Å². The van der Waals surface area contributed by atoms with E-state index in [0.717, 1.165) is 12.0 Å². The Kier molecular flexibility index (Phi) is 1.90. The fourth-order valence-electron chi connectivity index (χ4n) is 2.59. The van der Waals surface area contributed by atoms with Crippen molar-refractivity contribution in [2.24, 2.45) is 5.92 Å². The molecule has 2 saturated heterocycles. The lowest BCUT2D eigenvalue weighted by Gasteiger charge is -2.47. The summed E-state index contributed by atoms with van der Waals surface area (Å²) in [6, 6.07) is 0.810. The van der Waals surface area contributed by atoms with E-state index in [1.165, 1.54) is 25.8 Å². The molecule has 2 nitrogen and oxygen atoms in total. The van der Waals surface area contributed by atoms with Crippen molar-refractivity contribution in [1.82, 2.24) is 4.90 Å². The van der Waals surface area contributed by atoms with Gasteiger partial charge in [0.25, 0.3) is 0 Å². The number of piperidine rings is 2. The third kappa shape index (κ3) is 1.18. The molecule has 2 heteroatoms. The molecule has 0 N–H and O–H groups in total. The minimum atomic E-state index is 0.560. The normalized spacial score (nSPS) is 44.7. The fourth-order valence-corrected chi connectivity index (χ4v) is 2.59. The Morgan fingerprint density at radius 3 is 2.64 bits per heavy atom. The third-order valence-corrected chi connectivity index (χ3v) is 3.35. The molecule has 2 aliphatic heterocycles. The van der Waals surface area contributed by atoms with Gasteiger partial charge in [-0.15, -0.1) is 0 Å². The van der Waals surface area contributed by atoms with E-state index >= 15 is 0 Å². The second kappa shape index (κ2) is 2.76. The van der Waals surface area contributed by atoms with Crippen molar-refractivity contribution in [2.75, 3.05) is 20.7 Å². The summed E-state index contributed by atoms with van der Waals surface area (Å²) >= 11 is 0. The van der Waals surface area contributed by atoms with Crippen LogP contribution in [0.4, 0.5) is 0 Å². The third-order valence-electron chi connectivity index (χ3n) is 3.35. The van der Waals surface area contributed by atoms with Gasteiger partial charge in [0.05, 0.1) is 6.10 Å². The fraction of sp³-hybridized carbons (Fsp3) is 1.00. The van der Waals surface area contributed by atoms with Gasteiger partial charge in [0.1, 0.15) is 0 Å². The van der Waals surface area contributed by atoms with Gasteiger partial charge in [-0.2, -0.15) is 0 Å². The first-order valence-electron chi connectivity index (χ1n) is 4.54. The number of ether oxygens (including phenoxy) is 1. The van der Waals surface area contributed by atoms with Crippen LogP contribution in [0.5, 0.6) is 0 Å². The van der Waals surface area contributed by atoms with Gasteiger partial charge in [-0.1, -0.05) is 0 Å². The lowest BCUT2D eigenvalue weighted by Crippen LogP contribution is -2.52. The van der Waals surface area contributed by atoms with Crippen LogP contribution in [-0.2, 0) is 4.74 Å².